The van der Waals surface area contributed by atoms with Crippen LogP contribution in [0.2, 0.25) is 5.15 Å². The highest BCUT2D eigenvalue weighted by Crippen LogP contribution is 2.31. The van der Waals surface area contributed by atoms with E-state index in [-0.39, 0.29) is 10.7 Å². The Labute approximate surface area is 103 Å². The number of fused-ring (bicyclic) bond motifs is 1. The van der Waals surface area contributed by atoms with Crippen LogP contribution in [0.3, 0.4) is 0 Å². The van der Waals surface area contributed by atoms with Gasteiger partial charge < -0.3 is 0 Å². The predicted molar refractivity (Wildman–Crippen MR) is 64.0 cm³/mol. The normalized spacial score (nSPS) is 10.9. The van der Waals surface area contributed by atoms with E-state index in [1.807, 2.05) is 6.26 Å². The number of aromatic nitrogens is 2. The van der Waals surface area contributed by atoms with Crippen LogP contribution in [0.15, 0.2) is 21.8 Å². The summed E-state index contributed by atoms with van der Waals surface area (Å²) in [4.78, 5) is 8.12. The molecule has 0 saturated carbocycles. The molecule has 0 amide bonds. The van der Waals surface area contributed by atoms with Gasteiger partial charge in [-0.05, 0) is 34.3 Å². The lowest BCUT2D eigenvalue weighted by Gasteiger charge is -2.04. The van der Waals surface area contributed by atoms with Gasteiger partial charge in [0.1, 0.15) is 16.5 Å². The smallest absolute Gasteiger partial charge is 0.189 e. The van der Waals surface area contributed by atoms with E-state index >= 15 is 0 Å². The van der Waals surface area contributed by atoms with Gasteiger partial charge in [-0.3, -0.25) is 0 Å². The molecule has 0 bridgehead atoms. The average molecular weight is 308 g/mol. The first-order chi connectivity index (χ1) is 7.13. The number of hydrogen-bond donors (Lipinski definition) is 0. The van der Waals surface area contributed by atoms with Gasteiger partial charge >= 0.3 is 0 Å². The summed E-state index contributed by atoms with van der Waals surface area (Å²) in [6, 6.07) is 2.94. The number of halogens is 3. The molecule has 0 aliphatic rings. The lowest BCUT2D eigenvalue weighted by atomic mass is 10.2. The van der Waals surface area contributed by atoms with Crippen molar-refractivity contribution in [3.05, 3.63) is 27.6 Å². The van der Waals surface area contributed by atoms with Crippen molar-refractivity contribution in [1.29, 1.82) is 0 Å². The summed E-state index contributed by atoms with van der Waals surface area (Å²) < 4.78 is 14.2. The second-order valence-corrected chi connectivity index (χ2v) is 4.74. The molecule has 0 atom stereocenters. The zero-order valence-corrected chi connectivity index (χ0v) is 10.7. The third kappa shape index (κ3) is 1.96. The minimum Gasteiger partial charge on any atom is -0.219 e. The molecular formula is C9H5BrClFN2S. The Morgan fingerprint density at radius 1 is 1.40 bits per heavy atom. The van der Waals surface area contributed by atoms with Gasteiger partial charge in [0.05, 0.1) is 5.39 Å². The molecule has 0 aliphatic carbocycles. The highest BCUT2D eigenvalue weighted by Gasteiger charge is 2.12. The van der Waals surface area contributed by atoms with Gasteiger partial charge in [0.25, 0.3) is 0 Å². The molecular weight excluding hydrogens is 303 g/mol. The number of thioether (sulfide) groups is 1. The van der Waals surface area contributed by atoms with E-state index in [1.54, 1.807) is 6.07 Å². The first kappa shape index (κ1) is 11.1. The first-order valence-corrected chi connectivity index (χ1v) is 6.38. The van der Waals surface area contributed by atoms with Crippen LogP contribution in [-0.4, -0.2) is 16.2 Å². The Hall–Kier alpha value is -0.390. The fourth-order valence-corrected chi connectivity index (χ4v) is 2.51. The molecule has 15 heavy (non-hydrogen) atoms. The molecule has 2 aromatic rings. The summed E-state index contributed by atoms with van der Waals surface area (Å²) in [7, 11) is 0. The summed E-state index contributed by atoms with van der Waals surface area (Å²) in [5.41, 5.74) is 0.244. The molecule has 0 radical (unpaired) electrons. The highest BCUT2D eigenvalue weighted by molar-refractivity contribution is 9.10. The highest BCUT2D eigenvalue weighted by atomic mass is 79.9. The molecule has 0 saturated heterocycles. The Balaban J connectivity index is 2.90. The van der Waals surface area contributed by atoms with Crippen molar-refractivity contribution < 1.29 is 4.39 Å². The average Bonchev–Trinajstić information content (AvgIpc) is 2.23. The third-order valence-corrected chi connectivity index (χ3v) is 3.35. The molecule has 0 N–H and O–H groups in total. The van der Waals surface area contributed by atoms with Crippen molar-refractivity contribution in [1.82, 2.24) is 9.97 Å². The number of nitrogens with zero attached hydrogens (tertiary/aromatic N) is 2. The van der Waals surface area contributed by atoms with Crippen LogP contribution in [-0.2, 0) is 0 Å². The first-order valence-electron chi connectivity index (χ1n) is 3.98. The topological polar surface area (TPSA) is 25.8 Å². The zero-order valence-electron chi connectivity index (χ0n) is 7.59. The van der Waals surface area contributed by atoms with Crippen LogP contribution >= 0.6 is 39.3 Å². The van der Waals surface area contributed by atoms with Gasteiger partial charge in [-0.15, -0.1) is 0 Å². The molecule has 0 spiro atoms. The largest absolute Gasteiger partial charge is 0.219 e. The summed E-state index contributed by atoms with van der Waals surface area (Å²) >= 11 is 10.6. The summed E-state index contributed by atoms with van der Waals surface area (Å²) in [6.07, 6.45) is 1.81. The van der Waals surface area contributed by atoms with Crippen molar-refractivity contribution in [3.8, 4) is 0 Å². The molecule has 1 aromatic carbocycles. The van der Waals surface area contributed by atoms with Gasteiger partial charge in [-0.1, -0.05) is 23.4 Å². The third-order valence-electron chi connectivity index (χ3n) is 1.87. The van der Waals surface area contributed by atoms with E-state index in [1.165, 1.54) is 17.8 Å². The van der Waals surface area contributed by atoms with Crippen LogP contribution in [0.5, 0.6) is 0 Å². The van der Waals surface area contributed by atoms with E-state index in [4.69, 9.17) is 11.6 Å². The Kier molecular flexibility index (Phi) is 3.13. The molecule has 78 valence electrons. The SMILES string of the molecule is CSc1nc(Cl)c2c(Br)ccc(F)c2n1. The summed E-state index contributed by atoms with van der Waals surface area (Å²) in [6.45, 7) is 0. The molecule has 6 heteroatoms. The Bertz CT molecular complexity index is 535. The van der Waals surface area contributed by atoms with Crippen molar-refractivity contribution in [3.63, 3.8) is 0 Å². The van der Waals surface area contributed by atoms with Crippen LogP contribution in [0.25, 0.3) is 10.9 Å². The summed E-state index contributed by atoms with van der Waals surface area (Å²) in [5, 5.41) is 1.23. The molecule has 0 fully saturated rings. The van der Waals surface area contributed by atoms with E-state index < -0.39 is 5.82 Å². The van der Waals surface area contributed by atoms with Crippen LogP contribution in [0.4, 0.5) is 4.39 Å². The number of benzene rings is 1. The summed E-state index contributed by atoms with van der Waals surface area (Å²) in [5.74, 6) is -0.396. The van der Waals surface area contributed by atoms with E-state index in [0.717, 1.165) is 0 Å². The maximum atomic E-state index is 13.5. The van der Waals surface area contributed by atoms with Crippen LogP contribution in [0, 0.1) is 5.82 Å². The van der Waals surface area contributed by atoms with Gasteiger partial charge in [0.15, 0.2) is 5.16 Å². The molecule has 1 aromatic heterocycles. The van der Waals surface area contributed by atoms with Crippen molar-refractivity contribution >= 4 is 50.2 Å². The van der Waals surface area contributed by atoms with Crippen LogP contribution < -0.4 is 0 Å². The van der Waals surface area contributed by atoms with Crippen LogP contribution in [0.1, 0.15) is 0 Å². The molecule has 0 aliphatic heterocycles. The quantitative estimate of drug-likeness (QED) is 0.454. The van der Waals surface area contributed by atoms with Gasteiger partial charge in [0, 0.05) is 4.47 Å². The molecule has 2 nitrogen and oxygen atoms in total. The molecule has 2 rings (SSSR count). The second kappa shape index (κ2) is 4.23. The Morgan fingerprint density at radius 3 is 2.80 bits per heavy atom. The maximum absolute atomic E-state index is 13.5. The van der Waals surface area contributed by atoms with Gasteiger partial charge in [-0.25, -0.2) is 14.4 Å². The Morgan fingerprint density at radius 2 is 2.13 bits per heavy atom. The van der Waals surface area contributed by atoms with Gasteiger partial charge in [-0.2, -0.15) is 0 Å². The molecule has 1 heterocycles. The maximum Gasteiger partial charge on any atom is 0.189 e. The van der Waals surface area contributed by atoms with E-state index in [9.17, 15) is 4.39 Å². The molecule has 0 unspecified atom stereocenters. The van der Waals surface area contributed by atoms with Crippen molar-refractivity contribution in [2.45, 2.75) is 5.16 Å². The van der Waals surface area contributed by atoms with Crippen molar-refractivity contribution in [2.75, 3.05) is 6.26 Å². The minimum absolute atomic E-state index is 0.244. The monoisotopic (exact) mass is 306 g/mol. The second-order valence-electron chi connectivity index (χ2n) is 2.75. The zero-order chi connectivity index (χ0) is 11.0. The fraction of sp³-hybridized carbons (Fsp3) is 0.111. The number of hydrogen-bond acceptors (Lipinski definition) is 3. The van der Waals surface area contributed by atoms with E-state index in [2.05, 4.69) is 25.9 Å². The minimum atomic E-state index is -0.396. The van der Waals surface area contributed by atoms with Gasteiger partial charge in [0.2, 0.25) is 0 Å². The standard InChI is InChI=1S/C9H5BrClFN2S/c1-15-9-13-7-5(12)3-2-4(10)6(7)8(11)14-9/h2-3H,1H3. The van der Waals surface area contributed by atoms with E-state index in [0.29, 0.717) is 15.0 Å². The van der Waals surface area contributed by atoms with Crippen molar-refractivity contribution in [2.24, 2.45) is 0 Å². The lowest BCUT2D eigenvalue weighted by Crippen LogP contribution is -1.92. The lowest BCUT2D eigenvalue weighted by molar-refractivity contribution is 0.635. The number of rotatable bonds is 1. The predicted octanol–water partition coefficient (Wildman–Crippen LogP) is 3.91. The fourth-order valence-electron chi connectivity index (χ4n) is 1.20.